The van der Waals surface area contributed by atoms with Crippen molar-refractivity contribution in [2.75, 3.05) is 24.3 Å². The van der Waals surface area contributed by atoms with Crippen molar-refractivity contribution in [3.63, 3.8) is 0 Å². The first kappa shape index (κ1) is 18.4. The van der Waals surface area contributed by atoms with Crippen LogP contribution in [0.1, 0.15) is 5.56 Å². The maximum Gasteiger partial charge on any atom is 0.223 e. The standard InChI is InChI=1S/C19H19FN4O3/c1-11-2-4-15(14(20)8-11)22-12-3-5-17(26)13(9-12)16-10-18(27-7-6-25)24-19(21)23-16/h2-5,8-10,22,25-26H,6-7H2,1H3,(H2,21,23,24). The van der Waals surface area contributed by atoms with Crippen LogP contribution in [0.5, 0.6) is 11.6 Å². The number of nitrogens with one attached hydrogen (secondary N) is 1. The smallest absolute Gasteiger partial charge is 0.223 e. The number of hydrogen-bond donors (Lipinski definition) is 4. The molecule has 2 aromatic carbocycles. The molecule has 140 valence electrons. The molecule has 0 unspecified atom stereocenters. The molecular formula is C19H19FN4O3. The summed E-state index contributed by atoms with van der Waals surface area (Å²) in [6.07, 6.45) is 0. The zero-order valence-electron chi connectivity index (χ0n) is 14.6. The molecule has 0 saturated heterocycles. The Morgan fingerprint density at radius 1 is 1.15 bits per heavy atom. The number of hydrogen-bond acceptors (Lipinski definition) is 7. The van der Waals surface area contributed by atoms with Crippen LogP contribution in [0.3, 0.4) is 0 Å². The molecule has 5 N–H and O–H groups in total. The minimum Gasteiger partial charge on any atom is -0.507 e. The lowest BCUT2D eigenvalue weighted by molar-refractivity contribution is 0.197. The van der Waals surface area contributed by atoms with E-state index in [-0.39, 0.29) is 36.6 Å². The number of nitrogens with zero attached hydrogens (tertiary/aromatic N) is 2. The third kappa shape index (κ3) is 4.42. The number of ether oxygens (including phenoxy) is 1. The highest BCUT2D eigenvalue weighted by Crippen LogP contribution is 2.33. The minimum atomic E-state index is -0.379. The van der Waals surface area contributed by atoms with E-state index in [9.17, 15) is 9.50 Å². The summed E-state index contributed by atoms with van der Waals surface area (Å²) in [5.41, 5.74) is 8.09. The highest BCUT2D eigenvalue weighted by molar-refractivity contribution is 5.74. The number of phenolic OH excluding ortho intramolecular Hbond substituents is 1. The lowest BCUT2D eigenvalue weighted by Gasteiger charge is -2.12. The van der Waals surface area contributed by atoms with Gasteiger partial charge in [0, 0.05) is 17.3 Å². The Hall–Kier alpha value is -3.39. The number of rotatable bonds is 6. The highest BCUT2D eigenvalue weighted by atomic mass is 19.1. The number of halogens is 1. The topological polar surface area (TPSA) is 114 Å². The van der Waals surface area contributed by atoms with Crippen molar-refractivity contribution in [1.29, 1.82) is 0 Å². The van der Waals surface area contributed by atoms with Crippen LogP contribution in [0.15, 0.2) is 42.5 Å². The van der Waals surface area contributed by atoms with Crippen molar-refractivity contribution in [3.05, 3.63) is 53.8 Å². The molecule has 8 heteroatoms. The van der Waals surface area contributed by atoms with Crippen LogP contribution in [0.25, 0.3) is 11.3 Å². The van der Waals surface area contributed by atoms with E-state index >= 15 is 0 Å². The molecule has 1 heterocycles. The molecule has 0 atom stereocenters. The van der Waals surface area contributed by atoms with Crippen LogP contribution < -0.4 is 15.8 Å². The Kier molecular flexibility index (Phi) is 5.37. The van der Waals surface area contributed by atoms with Gasteiger partial charge in [-0.25, -0.2) is 9.37 Å². The molecule has 3 aromatic rings. The Balaban J connectivity index is 1.95. The molecule has 0 bridgehead atoms. The van der Waals surface area contributed by atoms with Crippen LogP contribution in [0.4, 0.5) is 21.7 Å². The SMILES string of the molecule is Cc1ccc(Nc2ccc(O)c(-c3cc(OCCO)nc(N)n3)c2)c(F)c1. The molecular weight excluding hydrogens is 351 g/mol. The number of nitrogens with two attached hydrogens (primary N) is 1. The van der Waals surface area contributed by atoms with Crippen molar-refractivity contribution in [2.45, 2.75) is 6.92 Å². The Morgan fingerprint density at radius 2 is 1.96 bits per heavy atom. The van der Waals surface area contributed by atoms with Crippen LogP contribution in [0.2, 0.25) is 0 Å². The number of nitrogen functional groups attached to an aromatic ring is 1. The first-order valence-electron chi connectivity index (χ1n) is 8.21. The number of aromatic hydroxyl groups is 1. The predicted molar refractivity (Wildman–Crippen MR) is 101 cm³/mol. The molecule has 0 radical (unpaired) electrons. The van der Waals surface area contributed by atoms with Gasteiger partial charge < -0.3 is 26.0 Å². The summed E-state index contributed by atoms with van der Waals surface area (Å²) < 4.78 is 19.3. The van der Waals surface area contributed by atoms with Gasteiger partial charge in [0.1, 0.15) is 18.2 Å². The molecule has 0 aliphatic rings. The van der Waals surface area contributed by atoms with E-state index in [1.807, 2.05) is 6.92 Å². The lowest BCUT2D eigenvalue weighted by atomic mass is 10.1. The van der Waals surface area contributed by atoms with Gasteiger partial charge >= 0.3 is 0 Å². The van der Waals surface area contributed by atoms with E-state index in [1.54, 1.807) is 24.3 Å². The average Bonchev–Trinajstić information content (AvgIpc) is 2.63. The molecule has 0 spiro atoms. The van der Waals surface area contributed by atoms with Crippen molar-refractivity contribution in [1.82, 2.24) is 9.97 Å². The molecule has 0 aliphatic heterocycles. The maximum absolute atomic E-state index is 14.1. The maximum atomic E-state index is 14.1. The number of anilines is 3. The van der Waals surface area contributed by atoms with Crippen LogP contribution in [0, 0.1) is 12.7 Å². The van der Waals surface area contributed by atoms with E-state index < -0.39 is 0 Å². The zero-order chi connectivity index (χ0) is 19.4. The summed E-state index contributed by atoms with van der Waals surface area (Å²) >= 11 is 0. The Morgan fingerprint density at radius 3 is 2.70 bits per heavy atom. The largest absolute Gasteiger partial charge is 0.507 e. The Labute approximate surface area is 155 Å². The Bertz CT molecular complexity index is 966. The van der Waals surface area contributed by atoms with Gasteiger partial charge in [0.05, 0.1) is 18.0 Å². The fourth-order valence-electron chi connectivity index (χ4n) is 2.50. The van der Waals surface area contributed by atoms with Crippen molar-refractivity contribution in [3.8, 4) is 22.9 Å². The normalized spacial score (nSPS) is 10.6. The van der Waals surface area contributed by atoms with E-state index in [1.165, 1.54) is 18.2 Å². The number of aromatic nitrogens is 2. The molecule has 27 heavy (non-hydrogen) atoms. The average molecular weight is 370 g/mol. The highest BCUT2D eigenvalue weighted by Gasteiger charge is 2.12. The van der Waals surface area contributed by atoms with Gasteiger partial charge in [0.15, 0.2) is 0 Å². The molecule has 0 fully saturated rings. The van der Waals surface area contributed by atoms with Crippen molar-refractivity contribution >= 4 is 17.3 Å². The van der Waals surface area contributed by atoms with Crippen molar-refractivity contribution < 1.29 is 19.3 Å². The fourth-order valence-corrected chi connectivity index (χ4v) is 2.50. The number of phenols is 1. The molecule has 0 saturated carbocycles. The summed E-state index contributed by atoms with van der Waals surface area (Å²) in [7, 11) is 0. The second-order valence-corrected chi connectivity index (χ2v) is 5.86. The molecule has 0 amide bonds. The summed E-state index contributed by atoms with van der Waals surface area (Å²) in [6.45, 7) is 1.68. The molecule has 7 nitrogen and oxygen atoms in total. The van der Waals surface area contributed by atoms with E-state index in [0.717, 1.165) is 5.56 Å². The van der Waals surface area contributed by atoms with Gasteiger partial charge in [-0.1, -0.05) is 6.07 Å². The quantitative estimate of drug-likeness (QED) is 0.493. The molecule has 0 aliphatic carbocycles. The van der Waals surface area contributed by atoms with Gasteiger partial charge in [0.25, 0.3) is 0 Å². The number of aliphatic hydroxyl groups excluding tert-OH is 1. The van der Waals surface area contributed by atoms with E-state index in [2.05, 4.69) is 15.3 Å². The number of benzene rings is 2. The number of aryl methyl sites for hydroxylation is 1. The second kappa shape index (κ2) is 7.88. The van der Waals surface area contributed by atoms with Crippen LogP contribution in [-0.4, -0.2) is 33.4 Å². The van der Waals surface area contributed by atoms with Crippen LogP contribution >= 0.6 is 0 Å². The summed E-state index contributed by atoms with van der Waals surface area (Å²) in [4.78, 5) is 8.04. The summed E-state index contributed by atoms with van der Waals surface area (Å²) in [6, 6.07) is 11.1. The van der Waals surface area contributed by atoms with Gasteiger partial charge in [-0.05, 0) is 42.8 Å². The van der Waals surface area contributed by atoms with E-state index in [0.29, 0.717) is 22.6 Å². The predicted octanol–water partition coefficient (Wildman–Crippen LogP) is 2.99. The minimum absolute atomic E-state index is 0.0314. The third-order valence-corrected chi connectivity index (χ3v) is 3.74. The monoisotopic (exact) mass is 370 g/mol. The van der Waals surface area contributed by atoms with Gasteiger partial charge in [-0.2, -0.15) is 4.98 Å². The second-order valence-electron chi connectivity index (χ2n) is 5.86. The van der Waals surface area contributed by atoms with Crippen LogP contribution in [-0.2, 0) is 0 Å². The number of aliphatic hydroxyl groups is 1. The molecule has 1 aromatic heterocycles. The van der Waals surface area contributed by atoms with Crippen molar-refractivity contribution in [2.24, 2.45) is 0 Å². The van der Waals surface area contributed by atoms with Gasteiger partial charge in [-0.3, -0.25) is 0 Å². The van der Waals surface area contributed by atoms with Gasteiger partial charge in [-0.15, -0.1) is 0 Å². The van der Waals surface area contributed by atoms with Gasteiger partial charge in [0.2, 0.25) is 11.8 Å². The fraction of sp³-hybridized carbons (Fsp3) is 0.158. The third-order valence-electron chi connectivity index (χ3n) is 3.74. The first-order valence-corrected chi connectivity index (χ1v) is 8.21. The summed E-state index contributed by atoms with van der Waals surface area (Å²) in [5.74, 6) is -0.275. The van der Waals surface area contributed by atoms with E-state index in [4.69, 9.17) is 15.6 Å². The zero-order valence-corrected chi connectivity index (χ0v) is 14.6. The first-order chi connectivity index (χ1) is 13.0. The summed E-state index contributed by atoms with van der Waals surface area (Å²) in [5, 5.41) is 22.1. The molecule has 3 rings (SSSR count). The lowest BCUT2D eigenvalue weighted by Crippen LogP contribution is -2.06.